The molecule has 0 bridgehead atoms. The summed E-state index contributed by atoms with van der Waals surface area (Å²) in [7, 11) is 0. The van der Waals surface area contributed by atoms with Gasteiger partial charge in [-0.2, -0.15) is 0 Å². The minimum Gasteiger partial charge on any atom is -0.478 e. The number of aromatic nitrogens is 1. The zero-order valence-corrected chi connectivity index (χ0v) is 11.7. The van der Waals surface area contributed by atoms with Crippen molar-refractivity contribution in [3.05, 3.63) is 64.4 Å². The summed E-state index contributed by atoms with van der Waals surface area (Å²) in [6.07, 6.45) is 4.10. The lowest BCUT2D eigenvalue weighted by Crippen LogP contribution is -2.23. The Labute approximate surface area is 126 Å². The maximum Gasteiger partial charge on any atom is 0.328 e. The standard InChI is InChI=1S/C15H13ClN2O3/c16-12-7-13(17-9-12)15(21)18-8-11-3-1-2-10(6-11)4-5-14(19)20/h1-7,9,17H,8H2,(H,18,21)(H,19,20). The minimum absolute atomic E-state index is 0.256. The summed E-state index contributed by atoms with van der Waals surface area (Å²) < 4.78 is 0. The molecule has 0 unspecified atom stereocenters. The molecular formula is C15H13ClN2O3. The number of aromatic amines is 1. The summed E-state index contributed by atoms with van der Waals surface area (Å²) in [5.74, 6) is -1.26. The Morgan fingerprint density at radius 2 is 2.14 bits per heavy atom. The molecule has 0 aliphatic rings. The monoisotopic (exact) mass is 304 g/mol. The average Bonchev–Trinajstić information content (AvgIpc) is 2.90. The van der Waals surface area contributed by atoms with Crippen molar-refractivity contribution in [3.63, 3.8) is 0 Å². The Morgan fingerprint density at radius 3 is 2.81 bits per heavy atom. The first-order chi connectivity index (χ1) is 10.0. The van der Waals surface area contributed by atoms with Gasteiger partial charge in [0.2, 0.25) is 0 Å². The van der Waals surface area contributed by atoms with Gasteiger partial charge in [-0.25, -0.2) is 4.79 Å². The van der Waals surface area contributed by atoms with E-state index in [-0.39, 0.29) is 5.91 Å². The number of rotatable bonds is 5. The van der Waals surface area contributed by atoms with Gasteiger partial charge in [-0.1, -0.05) is 29.8 Å². The van der Waals surface area contributed by atoms with Gasteiger partial charge in [0.1, 0.15) is 5.69 Å². The summed E-state index contributed by atoms with van der Waals surface area (Å²) >= 11 is 5.74. The molecule has 108 valence electrons. The van der Waals surface area contributed by atoms with Crippen molar-refractivity contribution >= 4 is 29.6 Å². The number of amides is 1. The number of carboxylic acid groups (broad SMARTS) is 1. The SMILES string of the molecule is O=C(O)C=Cc1cccc(CNC(=O)c2cc(Cl)c[nH]2)c1. The van der Waals surface area contributed by atoms with E-state index in [0.717, 1.165) is 17.2 Å². The van der Waals surface area contributed by atoms with Gasteiger partial charge in [-0.15, -0.1) is 0 Å². The number of hydrogen-bond donors (Lipinski definition) is 3. The topological polar surface area (TPSA) is 82.2 Å². The number of carbonyl (C=O) groups excluding carboxylic acids is 1. The van der Waals surface area contributed by atoms with E-state index in [0.29, 0.717) is 17.3 Å². The fourth-order valence-electron chi connectivity index (χ4n) is 1.75. The summed E-state index contributed by atoms with van der Waals surface area (Å²) in [5.41, 5.74) is 2.02. The lowest BCUT2D eigenvalue weighted by Gasteiger charge is -2.05. The van der Waals surface area contributed by atoms with Crippen LogP contribution in [0.25, 0.3) is 6.08 Å². The van der Waals surface area contributed by atoms with Crippen LogP contribution in [0.2, 0.25) is 5.02 Å². The highest BCUT2D eigenvalue weighted by Crippen LogP contribution is 2.10. The number of aliphatic carboxylic acids is 1. The zero-order valence-electron chi connectivity index (χ0n) is 11.0. The molecule has 0 aliphatic heterocycles. The van der Waals surface area contributed by atoms with Crippen LogP contribution < -0.4 is 5.32 Å². The normalized spacial score (nSPS) is 10.7. The van der Waals surface area contributed by atoms with Gasteiger partial charge in [-0.05, 0) is 29.3 Å². The third-order valence-corrected chi connectivity index (χ3v) is 2.93. The van der Waals surface area contributed by atoms with Crippen LogP contribution in [-0.4, -0.2) is 22.0 Å². The number of hydrogen-bond acceptors (Lipinski definition) is 2. The molecule has 21 heavy (non-hydrogen) atoms. The molecule has 1 aromatic heterocycles. The lowest BCUT2D eigenvalue weighted by molar-refractivity contribution is -0.131. The summed E-state index contributed by atoms with van der Waals surface area (Å²) in [6.45, 7) is 0.338. The molecule has 1 amide bonds. The molecule has 0 aliphatic carbocycles. The van der Waals surface area contributed by atoms with Crippen LogP contribution in [0.3, 0.4) is 0 Å². The number of halogens is 1. The second-order valence-corrected chi connectivity index (χ2v) is 4.77. The first-order valence-electron chi connectivity index (χ1n) is 6.16. The molecule has 1 heterocycles. The molecule has 2 rings (SSSR count). The smallest absolute Gasteiger partial charge is 0.328 e. The highest BCUT2D eigenvalue weighted by Gasteiger charge is 2.07. The van der Waals surface area contributed by atoms with Crippen molar-refractivity contribution in [2.45, 2.75) is 6.54 Å². The molecule has 1 aromatic carbocycles. The van der Waals surface area contributed by atoms with E-state index < -0.39 is 5.97 Å². The van der Waals surface area contributed by atoms with Crippen LogP contribution in [0.4, 0.5) is 0 Å². The first kappa shape index (κ1) is 14.9. The predicted molar refractivity (Wildman–Crippen MR) is 80.1 cm³/mol. The van der Waals surface area contributed by atoms with Gasteiger partial charge in [0.15, 0.2) is 0 Å². The van der Waals surface area contributed by atoms with Crippen molar-refractivity contribution in [1.82, 2.24) is 10.3 Å². The van der Waals surface area contributed by atoms with Crippen LogP contribution in [0.15, 0.2) is 42.6 Å². The Balaban J connectivity index is 1.98. The fourth-order valence-corrected chi connectivity index (χ4v) is 1.91. The van der Waals surface area contributed by atoms with E-state index in [9.17, 15) is 9.59 Å². The largest absolute Gasteiger partial charge is 0.478 e. The Kier molecular flexibility index (Phi) is 4.79. The van der Waals surface area contributed by atoms with Crippen molar-refractivity contribution in [2.75, 3.05) is 0 Å². The van der Waals surface area contributed by atoms with Crippen LogP contribution in [0.1, 0.15) is 21.6 Å². The van der Waals surface area contributed by atoms with E-state index in [1.54, 1.807) is 24.3 Å². The van der Waals surface area contributed by atoms with Gasteiger partial charge in [0.25, 0.3) is 5.91 Å². The lowest BCUT2D eigenvalue weighted by atomic mass is 10.1. The second kappa shape index (κ2) is 6.76. The summed E-state index contributed by atoms with van der Waals surface area (Å²) in [5, 5.41) is 11.8. The quantitative estimate of drug-likeness (QED) is 0.743. The second-order valence-electron chi connectivity index (χ2n) is 4.33. The number of H-pyrrole nitrogens is 1. The number of nitrogens with one attached hydrogen (secondary N) is 2. The Bertz CT molecular complexity index is 692. The fraction of sp³-hybridized carbons (Fsp3) is 0.0667. The summed E-state index contributed by atoms with van der Waals surface area (Å²) in [6, 6.07) is 8.79. The molecule has 0 saturated carbocycles. The summed E-state index contributed by atoms with van der Waals surface area (Å²) in [4.78, 5) is 25.1. The molecule has 0 saturated heterocycles. The third kappa shape index (κ3) is 4.50. The van der Waals surface area contributed by atoms with Crippen LogP contribution >= 0.6 is 11.6 Å². The van der Waals surface area contributed by atoms with Gasteiger partial charge in [-0.3, -0.25) is 4.79 Å². The molecule has 0 spiro atoms. The third-order valence-electron chi connectivity index (χ3n) is 2.71. The minimum atomic E-state index is -1.00. The maximum atomic E-state index is 11.8. The van der Waals surface area contributed by atoms with E-state index in [1.807, 2.05) is 6.07 Å². The maximum absolute atomic E-state index is 11.8. The van der Waals surface area contributed by atoms with Crippen LogP contribution in [0.5, 0.6) is 0 Å². The highest BCUT2D eigenvalue weighted by molar-refractivity contribution is 6.30. The van der Waals surface area contributed by atoms with E-state index in [4.69, 9.17) is 16.7 Å². The highest BCUT2D eigenvalue weighted by atomic mass is 35.5. The van der Waals surface area contributed by atoms with Crippen LogP contribution in [-0.2, 0) is 11.3 Å². The van der Waals surface area contributed by atoms with Gasteiger partial charge in [0, 0.05) is 18.8 Å². The Morgan fingerprint density at radius 1 is 1.33 bits per heavy atom. The van der Waals surface area contributed by atoms with Crippen LogP contribution in [0, 0.1) is 0 Å². The zero-order chi connectivity index (χ0) is 15.2. The van der Waals surface area contributed by atoms with E-state index in [2.05, 4.69) is 10.3 Å². The van der Waals surface area contributed by atoms with Gasteiger partial charge < -0.3 is 15.4 Å². The van der Waals surface area contributed by atoms with Gasteiger partial charge in [0.05, 0.1) is 5.02 Å². The molecule has 0 radical (unpaired) electrons. The molecule has 0 atom stereocenters. The molecule has 2 aromatic rings. The molecule has 6 heteroatoms. The van der Waals surface area contributed by atoms with Crippen molar-refractivity contribution in [3.8, 4) is 0 Å². The van der Waals surface area contributed by atoms with Crippen molar-refractivity contribution in [2.24, 2.45) is 0 Å². The molecule has 5 nitrogen and oxygen atoms in total. The Hall–Kier alpha value is -2.53. The van der Waals surface area contributed by atoms with Crippen molar-refractivity contribution < 1.29 is 14.7 Å². The number of carbonyl (C=O) groups is 2. The predicted octanol–water partition coefficient (Wildman–Crippen LogP) is 2.70. The molecular weight excluding hydrogens is 292 g/mol. The first-order valence-corrected chi connectivity index (χ1v) is 6.54. The molecule has 3 N–H and O–H groups in total. The number of benzene rings is 1. The van der Waals surface area contributed by atoms with Gasteiger partial charge >= 0.3 is 5.97 Å². The van der Waals surface area contributed by atoms with E-state index in [1.165, 1.54) is 12.3 Å². The van der Waals surface area contributed by atoms with Crippen molar-refractivity contribution in [1.29, 1.82) is 0 Å². The average molecular weight is 305 g/mol. The number of carboxylic acids is 1. The molecule has 0 fully saturated rings. The van der Waals surface area contributed by atoms with E-state index >= 15 is 0 Å².